The SMILES string of the molecule is CC(C)CCO[C@H]1CCCC[C@@H]1N. The van der Waals surface area contributed by atoms with E-state index in [4.69, 9.17) is 10.5 Å². The summed E-state index contributed by atoms with van der Waals surface area (Å²) in [6.45, 7) is 5.34. The fourth-order valence-electron chi connectivity index (χ4n) is 1.79. The van der Waals surface area contributed by atoms with E-state index in [0.29, 0.717) is 12.1 Å². The van der Waals surface area contributed by atoms with Gasteiger partial charge in [0.25, 0.3) is 0 Å². The Bertz CT molecular complexity index is 136. The van der Waals surface area contributed by atoms with Crippen LogP contribution >= 0.6 is 0 Å². The Morgan fingerprint density at radius 1 is 1.31 bits per heavy atom. The minimum Gasteiger partial charge on any atom is -0.377 e. The second-order valence-electron chi connectivity index (χ2n) is 4.54. The van der Waals surface area contributed by atoms with Crippen LogP contribution in [0.25, 0.3) is 0 Å². The summed E-state index contributed by atoms with van der Waals surface area (Å²) in [5.41, 5.74) is 5.97. The van der Waals surface area contributed by atoms with Crippen molar-refractivity contribution in [2.45, 2.75) is 58.1 Å². The maximum absolute atomic E-state index is 5.97. The molecule has 0 bridgehead atoms. The Balaban J connectivity index is 2.11. The van der Waals surface area contributed by atoms with Crippen LogP contribution in [0.1, 0.15) is 46.0 Å². The van der Waals surface area contributed by atoms with Crippen molar-refractivity contribution >= 4 is 0 Å². The number of hydrogen-bond donors (Lipinski definition) is 1. The third-order valence-corrected chi connectivity index (χ3v) is 2.78. The second-order valence-corrected chi connectivity index (χ2v) is 4.54. The molecule has 2 heteroatoms. The lowest BCUT2D eigenvalue weighted by Crippen LogP contribution is -2.39. The molecule has 1 aliphatic carbocycles. The van der Waals surface area contributed by atoms with E-state index < -0.39 is 0 Å². The lowest BCUT2D eigenvalue weighted by Gasteiger charge is -2.28. The van der Waals surface area contributed by atoms with E-state index in [9.17, 15) is 0 Å². The van der Waals surface area contributed by atoms with Gasteiger partial charge in [-0.3, -0.25) is 0 Å². The molecule has 0 unspecified atom stereocenters. The van der Waals surface area contributed by atoms with Crippen molar-refractivity contribution in [3.8, 4) is 0 Å². The Morgan fingerprint density at radius 2 is 2.00 bits per heavy atom. The Hall–Kier alpha value is -0.0800. The van der Waals surface area contributed by atoms with Gasteiger partial charge >= 0.3 is 0 Å². The molecule has 0 aromatic rings. The van der Waals surface area contributed by atoms with Crippen LogP contribution in [0.2, 0.25) is 0 Å². The predicted octanol–water partition coefficient (Wildman–Crippen LogP) is 2.32. The topological polar surface area (TPSA) is 35.2 Å². The van der Waals surface area contributed by atoms with E-state index in [0.717, 1.165) is 25.4 Å². The first-order valence-corrected chi connectivity index (χ1v) is 5.57. The average molecular weight is 185 g/mol. The zero-order chi connectivity index (χ0) is 9.68. The van der Waals surface area contributed by atoms with E-state index >= 15 is 0 Å². The number of ether oxygens (including phenoxy) is 1. The van der Waals surface area contributed by atoms with Crippen LogP contribution in [-0.4, -0.2) is 18.8 Å². The maximum atomic E-state index is 5.97. The quantitative estimate of drug-likeness (QED) is 0.729. The zero-order valence-corrected chi connectivity index (χ0v) is 8.96. The summed E-state index contributed by atoms with van der Waals surface area (Å²) in [6.07, 6.45) is 6.38. The van der Waals surface area contributed by atoms with Crippen LogP contribution in [0, 0.1) is 5.92 Å². The molecular formula is C11H23NO. The largest absolute Gasteiger partial charge is 0.377 e. The highest BCUT2D eigenvalue weighted by molar-refractivity contribution is 4.78. The molecule has 0 radical (unpaired) electrons. The van der Waals surface area contributed by atoms with Gasteiger partial charge in [-0.15, -0.1) is 0 Å². The molecule has 1 rings (SSSR count). The summed E-state index contributed by atoms with van der Waals surface area (Å²) in [5, 5.41) is 0. The zero-order valence-electron chi connectivity index (χ0n) is 8.96. The molecule has 0 aromatic carbocycles. The van der Waals surface area contributed by atoms with Gasteiger partial charge < -0.3 is 10.5 Å². The first-order valence-electron chi connectivity index (χ1n) is 5.57. The van der Waals surface area contributed by atoms with Crippen LogP contribution in [0.3, 0.4) is 0 Å². The van der Waals surface area contributed by atoms with Crippen molar-refractivity contribution in [2.24, 2.45) is 11.7 Å². The van der Waals surface area contributed by atoms with Crippen molar-refractivity contribution in [1.82, 2.24) is 0 Å². The smallest absolute Gasteiger partial charge is 0.0725 e. The molecule has 1 fully saturated rings. The molecule has 78 valence electrons. The van der Waals surface area contributed by atoms with Gasteiger partial charge in [0, 0.05) is 12.6 Å². The van der Waals surface area contributed by atoms with Crippen LogP contribution in [0.15, 0.2) is 0 Å². The summed E-state index contributed by atoms with van der Waals surface area (Å²) < 4.78 is 5.78. The van der Waals surface area contributed by atoms with Gasteiger partial charge in [0.2, 0.25) is 0 Å². The van der Waals surface area contributed by atoms with Crippen molar-refractivity contribution in [3.63, 3.8) is 0 Å². The van der Waals surface area contributed by atoms with E-state index in [2.05, 4.69) is 13.8 Å². The fraction of sp³-hybridized carbons (Fsp3) is 1.00. The lowest BCUT2D eigenvalue weighted by atomic mass is 9.93. The van der Waals surface area contributed by atoms with Crippen molar-refractivity contribution in [3.05, 3.63) is 0 Å². The van der Waals surface area contributed by atoms with Crippen LogP contribution in [0.4, 0.5) is 0 Å². The summed E-state index contributed by atoms with van der Waals surface area (Å²) in [7, 11) is 0. The summed E-state index contributed by atoms with van der Waals surface area (Å²) in [5.74, 6) is 0.736. The fourth-order valence-corrected chi connectivity index (χ4v) is 1.79. The Labute approximate surface area is 81.8 Å². The molecular weight excluding hydrogens is 162 g/mol. The van der Waals surface area contributed by atoms with Crippen LogP contribution < -0.4 is 5.73 Å². The van der Waals surface area contributed by atoms with Crippen molar-refractivity contribution in [1.29, 1.82) is 0 Å². The standard InChI is InChI=1S/C11H23NO/c1-9(2)7-8-13-11-6-4-3-5-10(11)12/h9-11H,3-8,12H2,1-2H3/t10-,11-/m0/s1. The molecule has 0 spiro atoms. The summed E-state index contributed by atoms with van der Waals surface area (Å²) in [4.78, 5) is 0. The van der Waals surface area contributed by atoms with E-state index in [-0.39, 0.29) is 0 Å². The molecule has 2 atom stereocenters. The molecule has 2 nitrogen and oxygen atoms in total. The second kappa shape index (κ2) is 5.61. The average Bonchev–Trinajstić information content (AvgIpc) is 2.08. The lowest BCUT2D eigenvalue weighted by molar-refractivity contribution is 0.0102. The van der Waals surface area contributed by atoms with E-state index in [1.807, 2.05) is 0 Å². The van der Waals surface area contributed by atoms with E-state index in [1.165, 1.54) is 19.3 Å². The van der Waals surface area contributed by atoms with Gasteiger partial charge in [0.05, 0.1) is 6.10 Å². The molecule has 13 heavy (non-hydrogen) atoms. The molecule has 0 aliphatic heterocycles. The minimum absolute atomic E-state index is 0.293. The Kier molecular flexibility index (Phi) is 4.74. The van der Waals surface area contributed by atoms with Gasteiger partial charge in [-0.2, -0.15) is 0 Å². The van der Waals surface area contributed by atoms with Crippen LogP contribution in [0.5, 0.6) is 0 Å². The maximum Gasteiger partial charge on any atom is 0.0725 e. The van der Waals surface area contributed by atoms with E-state index in [1.54, 1.807) is 0 Å². The monoisotopic (exact) mass is 185 g/mol. The molecule has 0 saturated heterocycles. The number of nitrogens with two attached hydrogens (primary N) is 1. The van der Waals surface area contributed by atoms with Gasteiger partial charge in [0.15, 0.2) is 0 Å². The molecule has 0 heterocycles. The first-order chi connectivity index (χ1) is 6.20. The molecule has 0 aromatic heterocycles. The highest BCUT2D eigenvalue weighted by Gasteiger charge is 2.21. The molecule has 2 N–H and O–H groups in total. The van der Waals surface area contributed by atoms with Gasteiger partial charge in [-0.25, -0.2) is 0 Å². The van der Waals surface area contributed by atoms with Gasteiger partial charge in [-0.1, -0.05) is 26.7 Å². The first kappa shape index (κ1) is 11.0. The van der Waals surface area contributed by atoms with Crippen molar-refractivity contribution in [2.75, 3.05) is 6.61 Å². The molecule has 0 amide bonds. The third-order valence-electron chi connectivity index (χ3n) is 2.78. The highest BCUT2D eigenvalue weighted by atomic mass is 16.5. The highest BCUT2D eigenvalue weighted by Crippen LogP contribution is 2.20. The van der Waals surface area contributed by atoms with Crippen molar-refractivity contribution < 1.29 is 4.74 Å². The van der Waals surface area contributed by atoms with Gasteiger partial charge in [0.1, 0.15) is 0 Å². The number of rotatable bonds is 4. The molecule has 1 saturated carbocycles. The summed E-state index contributed by atoms with van der Waals surface area (Å²) in [6, 6.07) is 0.293. The normalized spacial score (nSPS) is 29.5. The third kappa shape index (κ3) is 4.10. The molecule has 1 aliphatic rings. The number of hydrogen-bond acceptors (Lipinski definition) is 2. The van der Waals surface area contributed by atoms with Crippen LogP contribution in [-0.2, 0) is 4.74 Å². The minimum atomic E-state index is 0.293. The Morgan fingerprint density at radius 3 is 2.62 bits per heavy atom. The predicted molar refractivity (Wildman–Crippen MR) is 55.6 cm³/mol. The summed E-state index contributed by atoms with van der Waals surface area (Å²) >= 11 is 0. The van der Waals surface area contributed by atoms with Gasteiger partial charge in [-0.05, 0) is 25.2 Å².